The number of rotatable bonds is 5. The van der Waals surface area contributed by atoms with E-state index in [0.717, 1.165) is 12.1 Å². The van der Waals surface area contributed by atoms with Gasteiger partial charge in [0.1, 0.15) is 11.6 Å². The molecule has 17 heavy (non-hydrogen) atoms. The van der Waals surface area contributed by atoms with Gasteiger partial charge < -0.3 is 0 Å². The molecule has 1 N–H and O–H groups in total. The Hall–Kier alpha value is -0.400. The summed E-state index contributed by atoms with van der Waals surface area (Å²) in [7, 11) is -3.71. The van der Waals surface area contributed by atoms with Crippen molar-refractivity contribution in [3.63, 3.8) is 0 Å². The molecule has 8 heteroatoms. The van der Waals surface area contributed by atoms with Crippen LogP contribution in [0.5, 0.6) is 0 Å². The van der Waals surface area contributed by atoms with Crippen LogP contribution in [0, 0.1) is 11.6 Å². The molecule has 0 radical (unpaired) electrons. The number of anilines is 1. The molecule has 0 aliphatic rings. The highest BCUT2D eigenvalue weighted by molar-refractivity contribution is 9.10. The SMILES string of the molecule is O=S(=O)(CCCCl)Nc1cc(F)c(Br)cc1F. The summed E-state index contributed by atoms with van der Waals surface area (Å²) in [6, 6.07) is 1.63. The summed E-state index contributed by atoms with van der Waals surface area (Å²) < 4.78 is 51.2. The fraction of sp³-hybridized carbons (Fsp3) is 0.333. The van der Waals surface area contributed by atoms with Crippen molar-refractivity contribution in [1.82, 2.24) is 0 Å². The van der Waals surface area contributed by atoms with E-state index < -0.39 is 27.3 Å². The van der Waals surface area contributed by atoms with E-state index in [9.17, 15) is 17.2 Å². The standard InChI is InChI=1S/C9H9BrClF2NO2S/c10-6-4-8(13)9(5-7(6)12)14-17(15,16)3-1-2-11/h4-5,14H,1-3H2. The second kappa shape index (κ2) is 5.97. The van der Waals surface area contributed by atoms with E-state index in [0.29, 0.717) is 0 Å². The number of benzene rings is 1. The molecule has 3 nitrogen and oxygen atoms in total. The van der Waals surface area contributed by atoms with Gasteiger partial charge in [-0.1, -0.05) is 0 Å². The maximum Gasteiger partial charge on any atom is 0.232 e. The molecule has 0 atom stereocenters. The second-order valence-electron chi connectivity index (χ2n) is 3.21. The van der Waals surface area contributed by atoms with Crippen molar-refractivity contribution >= 4 is 43.2 Å². The molecule has 0 fully saturated rings. The quantitative estimate of drug-likeness (QED) is 0.656. The molecular formula is C9H9BrClF2NO2S. The summed E-state index contributed by atoms with van der Waals surface area (Å²) in [4.78, 5) is 0. The summed E-state index contributed by atoms with van der Waals surface area (Å²) in [5.41, 5.74) is -0.416. The Balaban J connectivity index is 2.92. The number of sulfonamides is 1. The first kappa shape index (κ1) is 14.7. The van der Waals surface area contributed by atoms with Crippen LogP contribution in [0.4, 0.5) is 14.5 Å². The molecule has 1 rings (SSSR count). The van der Waals surface area contributed by atoms with Crippen molar-refractivity contribution < 1.29 is 17.2 Å². The maximum absolute atomic E-state index is 13.3. The van der Waals surface area contributed by atoms with Crippen molar-refractivity contribution in [2.75, 3.05) is 16.4 Å². The van der Waals surface area contributed by atoms with Crippen LogP contribution in [0.25, 0.3) is 0 Å². The Kier molecular flexibility index (Phi) is 5.15. The summed E-state index contributed by atoms with van der Waals surface area (Å²) in [5, 5.41) is 0. The monoisotopic (exact) mass is 347 g/mol. The fourth-order valence-electron chi connectivity index (χ4n) is 1.06. The van der Waals surface area contributed by atoms with Gasteiger partial charge in [-0.3, -0.25) is 4.72 Å². The zero-order valence-corrected chi connectivity index (χ0v) is 11.7. The molecule has 0 aliphatic heterocycles. The summed E-state index contributed by atoms with van der Waals surface area (Å²) in [5.74, 6) is -1.67. The zero-order chi connectivity index (χ0) is 13.1. The van der Waals surface area contributed by atoms with Crippen molar-refractivity contribution in [3.05, 3.63) is 28.2 Å². The number of hydrogen-bond acceptors (Lipinski definition) is 2. The van der Waals surface area contributed by atoms with Crippen LogP contribution in [0.3, 0.4) is 0 Å². The first-order chi connectivity index (χ1) is 7.85. The molecular weight excluding hydrogens is 340 g/mol. The summed E-state index contributed by atoms with van der Waals surface area (Å²) in [6.45, 7) is 0. The van der Waals surface area contributed by atoms with Crippen LogP contribution in [0.1, 0.15) is 6.42 Å². The van der Waals surface area contributed by atoms with Gasteiger partial charge in [-0.05, 0) is 28.4 Å². The van der Waals surface area contributed by atoms with Gasteiger partial charge in [0, 0.05) is 11.9 Å². The largest absolute Gasteiger partial charge is 0.280 e. The summed E-state index contributed by atoms with van der Waals surface area (Å²) in [6.07, 6.45) is 0.234. The lowest BCUT2D eigenvalue weighted by molar-refractivity contribution is 0.591. The number of halogens is 4. The third-order valence-electron chi connectivity index (χ3n) is 1.82. The van der Waals surface area contributed by atoms with Crippen LogP contribution in [-0.4, -0.2) is 20.1 Å². The van der Waals surface area contributed by atoms with Crippen molar-refractivity contribution in [3.8, 4) is 0 Å². The topological polar surface area (TPSA) is 46.2 Å². The number of nitrogens with one attached hydrogen (secondary N) is 1. The molecule has 0 spiro atoms. The molecule has 0 saturated heterocycles. The van der Waals surface area contributed by atoms with Gasteiger partial charge in [0.25, 0.3) is 0 Å². The Morgan fingerprint density at radius 1 is 1.29 bits per heavy atom. The fourth-order valence-corrected chi connectivity index (χ4v) is 2.79. The van der Waals surface area contributed by atoms with Crippen LogP contribution < -0.4 is 4.72 Å². The van der Waals surface area contributed by atoms with Crippen LogP contribution in [0.15, 0.2) is 16.6 Å². The zero-order valence-electron chi connectivity index (χ0n) is 8.51. The lowest BCUT2D eigenvalue weighted by Crippen LogP contribution is -2.18. The predicted octanol–water partition coefficient (Wildman–Crippen LogP) is 3.10. The van der Waals surface area contributed by atoms with Gasteiger partial charge in [-0.2, -0.15) is 0 Å². The van der Waals surface area contributed by atoms with E-state index in [-0.39, 0.29) is 22.5 Å². The molecule has 0 saturated carbocycles. The van der Waals surface area contributed by atoms with E-state index in [2.05, 4.69) is 15.9 Å². The first-order valence-electron chi connectivity index (χ1n) is 4.57. The van der Waals surface area contributed by atoms with Crippen LogP contribution >= 0.6 is 27.5 Å². The molecule has 0 amide bonds. The molecule has 0 aromatic heterocycles. The number of alkyl halides is 1. The van der Waals surface area contributed by atoms with Crippen molar-refractivity contribution in [1.29, 1.82) is 0 Å². The van der Waals surface area contributed by atoms with Crippen molar-refractivity contribution in [2.24, 2.45) is 0 Å². The average molecular weight is 349 g/mol. The molecule has 96 valence electrons. The lowest BCUT2D eigenvalue weighted by Gasteiger charge is -2.09. The minimum absolute atomic E-state index is 0.0706. The highest BCUT2D eigenvalue weighted by Crippen LogP contribution is 2.24. The third-order valence-corrected chi connectivity index (χ3v) is 4.05. The highest BCUT2D eigenvalue weighted by Gasteiger charge is 2.15. The minimum atomic E-state index is -3.71. The lowest BCUT2D eigenvalue weighted by atomic mass is 10.3. The first-order valence-corrected chi connectivity index (χ1v) is 7.54. The molecule has 0 unspecified atom stereocenters. The minimum Gasteiger partial charge on any atom is -0.280 e. The highest BCUT2D eigenvalue weighted by atomic mass is 79.9. The normalized spacial score (nSPS) is 11.5. The van der Waals surface area contributed by atoms with Crippen LogP contribution in [-0.2, 0) is 10.0 Å². The molecule has 1 aromatic carbocycles. The van der Waals surface area contributed by atoms with E-state index in [4.69, 9.17) is 11.6 Å². The van der Waals surface area contributed by atoms with E-state index in [1.807, 2.05) is 4.72 Å². The number of hydrogen-bond donors (Lipinski definition) is 1. The molecule has 0 aliphatic carbocycles. The van der Waals surface area contributed by atoms with E-state index in [1.165, 1.54) is 0 Å². The van der Waals surface area contributed by atoms with E-state index >= 15 is 0 Å². The van der Waals surface area contributed by atoms with Gasteiger partial charge in [0.15, 0.2) is 0 Å². The smallest absolute Gasteiger partial charge is 0.232 e. The Morgan fingerprint density at radius 2 is 1.94 bits per heavy atom. The van der Waals surface area contributed by atoms with Crippen LogP contribution in [0.2, 0.25) is 0 Å². The molecule has 0 bridgehead atoms. The average Bonchev–Trinajstić information content (AvgIpc) is 2.23. The second-order valence-corrected chi connectivity index (χ2v) is 6.28. The third kappa shape index (κ3) is 4.40. The molecule has 1 aromatic rings. The Bertz CT molecular complexity index is 510. The van der Waals surface area contributed by atoms with Gasteiger partial charge >= 0.3 is 0 Å². The van der Waals surface area contributed by atoms with Gasteiger partial charge in [0.2, 0.25) is 10.0 Å². The Morgan fingerprint density at radius 3 is 2.53 bits per heavy atom. The van der Waals surface area contributed by atoms with Crippen molar-refractivity contribution in [2.45, 2.75) is 6.42 Å². The Labute approximate surface area is 111 Å². The van der Waals surface area contributed by atoms with Gasteiger partial charge in [-0.25, -0.2) is 17.2 Å². The maximum atomic E-state index is 13.3. The van der Waals surface area contributed by atoms with Gasteiger partial charge in [-0.15, -0.1) is 11.6 Å². The van der Waals surface area contributed by atoms with E-state index in [1.54, 1.807) is 0 Å². The predicted molar refractivity (Wildman–Crippen MR) is 66.8 cm³/mol. The molecule has 0 heterocycles. The summed E-state index contributed by atoms with van der Waals surface area (Å²) >= 11 is 8.15. The van der Waals surface area contributed by atoms with Gasteiger partial charge in [0.05, 0.1) is 15.9 Å².